The summed E-state index contributed by atoms with van der Waals surface area (Å²) in [6.45, 7) is 2.76. The molecule has 0 radical (unpaired) electrons. The number of rotatable bonds is 9. The van der Waals surface area contributed by atoms with Crippen LogP contribution in [0.15, 0.2) is 78.0 Å². The Bertz CT molecular complexity index is 1170. The molecule has 0 fully saturated rings. The molecular weight excluding hydrogens is 449 g/mol. The molecule has 0 aliphatic heterocycles. The van der Waals surface area contributed by atoms with Crippen LogP contribution in [0.25, 0.3) is 5.69 Å². The lowest BCUT2D eigenvalue weighted by atomic mass is 10.2. The fourth-order valence-electron chi connectivity index (χ4n) is 3.04. The molecule has 0 spiro atoms. The topological polar surface area (TPSA) is 49.2 Å². The van der Waals surface area contributed by atoms with Crippen LogP contribution in [0.2, 0.25) is 5.02 Å². The van der Waals surface area contributed by atoms with Gasteiger partial charge in [0.2, 0.25) is 0 Å². The average Bonchev–Trinajstić information content (AvgIpc) is 3.21. The number of nitrogens with zero attached hydrogens (tertiary/aromatic N) is 3. The molecule has 3 aromatic carbocycles. The van der Waals surface area contributed by atoms with E-state index < -0.39 is 0 Å². The van der Waals surface area contributed by atoms with Crippen molar-refractivity contribution in [3.8, 4) is 17.2 Å². The Balaban J connectivity index is 1.56. The lowest BCUT2D eigenvalue weighted by Crippen LogP contribution is -2.06. The van der Waals surface area contributed by atoms with Gasteiger partial charge in [0.05, 0.1) is 6.61 Å². The molecule has 0 atom stereocenters. The van der Waals surface area contributed by atoms with Gasteiger partial charge in [0.1, 0.15) is 23.9 Å². The molecule has 0 aliphatic carbocycles. The van der Waals surface area contributed by atoms with Crippen LogP contribution in [0, 0.1) is 5.82 Å². The van der Waals surface area contributed by atoms with Gasteiger partial charge >= 0.3 is 0 Å². The van der Waals surface area contributed by atoms with Crippen molar-refractivity contribution in [2.45, 2.75) is 24.4 Å². The maximum absolute atomic E-state index is 14.1. The summed E-state index contributed by atoms with van der Waals surface area (Å²) in [6.07, 6.45) is 0. The predicted molar refractivity (Wildman–Crippen MR) is 124 cm³/mol. The first-order chi connectivity index (χ1) is 15.6. The maximum Gasteiger partial charge on any atom is 0.196 e. The molecule has 0 amide bonds. The number of hydrogen-bond donors (Lipinski definition) is 0. The minimum absolute atomic E-state index is 0.212. The fraction of sp³-hybridized carbons (Fsp3) is 0.167. The highest BCUT2D eigenvalue weighted by Gasteiger charge is 2.16. The van der Waals surface area contributed by atoms with E-state index in [-0.39, 0.29) is 12.4 Å². The molecule has 0 saturated heterocycles. The Morgan fingerprint density at radius 2 is 1.59 bits per heavy atom. The molecule has 4 aromatic rings. The summed E-state index contributed by atoms with van der Waals surface area (Å²) in [7, 11) is 0. The first-order valence-electron chi connectivity index (χ1n) is 10.1. The number of benzene rings is 3. The molecule has 0 unspecified atom stereocenters. The third-order valence-electron chi connectivity index (χ3n) is 4.60. The third kappa shape index (κ3) is 5.41. The summed E-state index contributed by atoms with van der Waals surface area (Å²) in [5, 5.41) is 9.93. The molecule has 1 aromatic heterocycles. The highest BCUT2D eigenvalue weighted by atomic mass is 35.5. The summed E-state index contributed by atoms with van der Waals surface area (Å²) in [6, 6.07) is 21.5. The van der Waals surface area contributed by atoms with Gasteiger partial charge in [-0.3, -0.25) is 4.57 Å². The number of ether oxygens (including phenoxy) is 2. The van der Waals surface area contributed by atoms with E-state index in [1.54, 1.807) is 24.3 Å². The smallest absolute Gasteiger partial charge is 0.196 e. The minimum atomic E-state index is -0.239. The molecule has 5 nitrogen and oxygen atoms in total. The monoisotopic (exact) mass is 469 g/mol. The quantitative estimate of drug-likeness (QED) is 0.268. The second-order valence-corrected chi connectivity index (χ2v) is 8.16. The van der Waals surface area contributed by atoms with E-state index in [9.17, 15) is 4.39 Å². The van der Waals surface area contributed by atoms with Gasteiger partial charge < -0.3 is 9.47 Å². The average molecular weight is 470 g/mol. The van der Waals surface area contributed by atoms with Crippen molar-refractivity contribution in [3.63, 3.8) is 0 Å². The molecule has 0 aliphatic rings. The van der Waals surface area contributed by atoms with Crippen LogP contribution >= 0.6 is 23.4 Å². The van der Waals surface area contributed by atoms with Gasteiger partial charge in [0.25, 0.3) is 0 Å². The van der Waals surface area contributed by atoms with E-state index in [4.69, 9.17) is 21.1 Å². The van der Waals surface area contributed by atoms with E-state index in [0.29, 0.717) is 39.7 Å². The summed E-state index contributed by atoms with van der Waals surface area (Å²) >= 11 is 7.47. The Labute approximate surface area is 195 Å². The van der Waals surface area contributed by atoms with E-state index in [1.807, 2.05) is 54.0 Å². The van der Waals surface area contributed by atoms with E-state index in [1.165, 1.54) is 17.8 Å². The van der Waals surface area contributed by atoms with Crippen molar-refractivity contribution >= 4 is 23.4 Å². The summed E-state index contributed by atoms with van der Waals surface area (Å²) < 4.78 is 27.3. The predicted octanol–water partition coefficient (Wildman–Crippen LogP) is 6.33. The Kier molecular flexibility index (Phi) is 7.29. The number of halogens is 2. The van der Waals surface area contributed by atoms with Crippen molar-refractivity contribution < 1.29 is 13.9 Å². The maximum atomic E-state index is 14.1. The summed E-state index contributed by atoms with van der Waals surface area (Å²) in [5.41, 5.74) is 1.45. The largest absolute Gasteiger partial charge is 0.494 e. The van der Waals surface area contributed by atoms with Crippen molar-refractivity contribution in [2.24, 2.45) is 0 Å². The van der Waals surface area contributed by atoms with Gasteiger partial charge in [-0.15, -0.1) is 10.2 Å². The van der Waals surface area contributed by atoms with E-state index in [2.05, 4.69) is 10.2 Å². The standard InChI is InChI=1S/C24H21ClFN3O2S/c1-2-30-20-11-13-21(14-12-20)31-15-23-27-28-24(29(23)19-9-7-18(25)8-10-19)32-16-17-5-3-4-6-22(17)26/h3-14H,2,15-16H2,1H3. The van der Waals surface area contributed by atoms with Crippen LogP contribution < -0.4 is 9.47 Å². The minimum Gasteiger partial charge on any atom is -0.494 e. The first kappa shape index (κ1) is 22.2. The Morgan fingerprint density at radius 3 is 2.28 bits per heavy atom. The SMILES string of the molecule is CCOc1ccc(OCc2nnc(SCc3ccccc3F)n2-c2ccc(Cl)cc2)cc1. The molecule has 0 saturated carbocycles. The molecule has 0 bridgehead atoms. The van der Waals surface area contributed by atoms with Crippen LogP contribution in [0.3, 0.4) is 0 Å². The van der Waals surface area contributed by atoms with Gasteiger partial charge in [-0.05, 0) is 67.1 Å². The van der Waals surface area contributed by atoms with Gasteiger partial charge in [-0.2, -0.15) is 0 Å². The van der Waals surface area contributed by atoms with Crippen LogP contribution in [0.5, 0.6) is 11.5 Å². The van der Waals surface area contributed by atoms with E-state index >= 15 is 0 Å². The van der Waals surface area contributed by atoms with Crippen LogP contribution in [0.1, 0.15) is 18.3 Å². The van der Waals surface area contributed by atoms with Crippen molar-refractivity contribution in [3.05, 3.63) is 95.0 Å². The molecule has 164 valence electrons. The van der Waals surface area contributed by atoms with Gasteiger partial charge in [-0.1, -0.05) is 41.6 Å². The lowest BCUT2D eigenvalue weighted by molar-refractivity contribution is 0.291. The van der Waals surface area contributed by atoms with Gasteiger partial charge in [-0.25, -0.2) is 4.39 Å². The van der Waals surface area contributed by atoms with Crippen LogP contribution in [0.4, 0.5) is 4.39 Å². The Morgan fingerprint density at radius 1 is 0.906 bits per heavy atom. The van der Waals surface area contributed by atoms with Crippen molar-refractivity contribution in [2.75, 3.05) is 6.61 Å². The second kappa shape index (κ2) is 10.5. The fourth-order valence-corrected chi connectivity index (χ4v) is 4.12. The molecule has 1 heterocycles. The highest BCUT2D eigenvalue weighted by molar-refractivity contribution is 7.98. The van der Waals surface area contributed by atoms with Crippen LogP contribution in [-0.4, -0.2) is 21.4 Å². The number of thioether (sulfide) groups is 1. The highest BCUT2D eigenvalue weighted by Crippen LogP contribution is 2.27. The zero-order chi connectivity index (χ0) is 22.3. The van der Waals surface area contributed by atoms with Gasteiger partial charge in [0.15, 0.2) is 11.0 Å². The lowest BCUT2D eigenvalue weighted by Gasteiger charge is -2.12. The van der Waals surface area contributed by atoms with Crippen molar-refractivity contribution in [1.82, 2.24) is 14.8 Å². The molecule has 4 rings (SSSR count). The molecular formula is C24H21ClFN3O2S. The molecule has 32 heavy (non-hydrogen) atoms. The number of aromatic nitrogens is 3. The Hall–Kier alpha value is -3.03. The second-order valence-electron chi connectivity index (χ2n) is 6.78. The normalized spacial score (nSPS) is 10.8. The zero-order valence-corrected chi connectivity index (χ0v) is 18.9. The van der Waals surface area contributed by atoms with Crippen molar-refractivity contribution in [1.29, 1.82) is 0 Å². The third-order valence-corrected chi connectivity index (χ3v) is 5.83. The molecule has 8 heteroatoms. The zero-order valence-electron chi connectivity index (χ0n) is 17.4. The summed E-state index contributed by atoms with van der Waals surface area (Å²) in [4.78, 5) is 0. The van der Waals surface area contributed by atoms with Gasteiger partial charge in [0, 0.05) is 16.5 Å². The first-order valence-corrected chi connectivity index (χ1v) is 11.4. The summed E-state index contributed by atoms with van der Waals surface area (Å²) in [5.74, 6) is 2.29. The molecule has 0 N–H and O–H groups in total. The van der Waals surface area contributed by atoms with E-state index in [0.717, 1.165) is 11.4 Å². The van der Waals surface area contributed by atoms with Crippen LogP contribution in [-0.2, 0) is 12.4 Å². The number of hydrogen-bond acceptors (Lipinski definition) is 5.